The summed E-state index contributed by atoms with van der Waals surface area (Å²) in [6.45, 7) is 2.38. The Kier molecular flexibility index (Phi) is 5.79. The quantitative estimate of drug-likeness (QED) is 0.700. The Morgan fingerprint density at radius 3 is 2.83 bits per heavy atom. The van der Waals surface area contributed by atoms with Crippen LogP contribution in [0, 0.1) is 0 Å². The minimum Gasteiger partial charge on any atom is -0.353 e. The van der Waals surface area contributed by atoms with Gasteiger partial charge in [-0.2, -0.15) is 13.2 Å². The Morgan fingerprint density at radius 2 is 2.22 bits per heavy atom. The first-order valence-electron chi connectivity index (χ1n) is 6.91. The summed E-state index contributed by atoms with van der Waals surface area (Å²) in [5, 5.41) is 0.00432. The summed E-state index contributed by atoms with van der Waals surface area (Å²) in [5.74, 6) is 0. The van der Waals surface area contributed by atoms with Crippen LogP contribution in [-0.4, -0.2) is 22.4 Å². The second-order valence-electron chi connectivity index (χ2n) is 4.71. The van der Waals surface area contributed by atoms with Crippen LogP contribution < -0.4 is 0 Å². The van der Waals surface area contributed by atoms with Crippen LogP contribution >= 0.6 is 11.6 Å². The molecule has 0 saturated heterocycles. The number of aliphatic imine (C=N–C) groups is 1. The smallest absolute Gasteiger partial charge is 0.353 e. The molecule has 0 fully saturated rings. The maximum Gasteiger partial charge on any atom is 0.418 e. The molecule has 1 unspecified atom stereocenters. The van der Waals surface area contributed by atoms with Gasteiger partial charge >= 0.3 is 6.18 Å². The highest BCUT2D eigenvalue weighted by Crippen LogP contribution is 2.37. The molecule has 0 aliphatic rings. The zero-order valence-electron chi connectivity index (χ0n) is 12.3. The van der Waals surface area contributed by atoms with Crippen LogP contribution in [0.4, 0.5) is 18.9 Å². The van der Waals surface area contributed by atoms with E-state index in [1.165, 1.54) is 24.7 Å². The van der Waals surface area contributed by atoms with Crippen molar-refractivity contribution >= 4 is 23.5 Å². The van der Waals surface area contributed by atoms with Crippen molar-refractivity contribution in [1.82, 2.24) is 9.55 Å². The molecule has 2 aromatic rings. The minimum absolute atomic E-state index is 0.00432. The van der Waals surface area contributed by atoms with Crippen molar-refractivity contribution in [2.45, 2.75) is 25.7 Å². The summed E-state index contributed by atoms with van der Waals surface area (Å²) in [4.78, 5) is 7.84. The fourth-order valence-electron chi connectivity index (χ4n) is 1.86. The summed E-state index contributed by atoms with van der Waals surface area (Å²) in [5.41, 5.74) is -1.10. The van der Waals surface area contributed by atoms with E-state index in [0.717, 1.165) is 12.5 Å². The molecule has 1 heterocycles. The van der Waals surface area contributed by atoms with E-state index in [1.54, 1.807) is 17.0 Å². The highest BCUT2D eigenvalue weighted by atomic mass is 35.5. The number of nitrogens with zero attached hydrogens (tertiary/aromatic N) is 3. The van der Waals surface area contributed by atoms with Crippen molar-refractivity contribution in [3.8, 4) is 0 Å². The van der Waals surface area contributed by atoms with E-state index in [-0.39, 0.29) is 10.7 Å². The van der Waals surface area contributed by atoms with Crippen molar-refractivity contribution in [2.24, 2.45) is 4.99 Å². The van der Waals surface area contributed by atoms with Gasteiger partial charge < -0.3 is 9.30 Å². The molecule has 1 aromatic heterocycles. The normalized spacial score (nSPS) is 13.6. The van der Waals surface area contributed by atoms with E-state index >= 15 is 0 Å². The lowest BCUT2D eigenvalue weighted by Gasteiger charge is -2.15. The molecule has 0 bridgehead atoms. The summed E-state index contributed by atoms with van der Waals surface area (Å²) in [7, 11) is 0. The molecular formula is C15H15ClF3N3O. The second-order valence-corrected chi connectivity index (χ2v) is 5.15. The fourth-order valence-corrected chi connectivity index (χ4v) is 2.03. The van der Waals surface area contributed by atoms with Gasteiger partial charge in [0.25, 0.3) is 0 Å². The molecule has 0 aliphatic heterocycles. The molecule has 0 saturated carbocycles. The first-order valence-corrected chi connectivity index (χ1v) is 7.29. The van der Waals surface area contributed by atoms with Gasteiger partial charge in [0, 0.05) is 24.0 Å². The van der Waals surface area contributed by atoms with Gasteiger partial charge in [-0.1, -0.05) is 18.5 Å². The molecule has 0 amide bonds. The van der Waals surface area contributed by atoms with E-state index < -0.39 is 18.0 Å². The highest BCUT2D eigenvalue weighted by molar-refractivity contribution is 6.30. The number of hydrogen-bond donors (Lipinski definition) is 0. The Bertz CT molecular complexity index is 656. The molecule has 8 heteroatoms. The third-order valence-electron chi connectivity index (χ3n) is 2.92. The van der Waals surface area contributed by atoms with E-state index in [4.69, 9.17) is 16.3 Å². The van der Waals surface area contributed by atoms with Gasteiger partial charge in [0.15, 0.2) is 6.23 Å². The first kappa shape index (κ1) is 17.5. The highest BCUT2D eigenvalue weighted by Gasteiger charge is 2.33. The molecule has 1 atom stereocenters. The topological polar surface area (TPSA) is 39.4 Å². The number of ether oxygens (including phenoxy) is 1. The number of benzene rings is 1. The number of alkyl halides is 3. The fraction of sp³-hybridized carbons (Fsp3) is 0.333. The van der Waals surface area contributed by atoms with E-state index in [9.17, 15) is 13.2 Å². The van der Waals surface area contributed by atoms with Crippen molar-refractivity contribution in [3.63, 3.8) is 0 Å². The van der Waals surface area contributed by atoms with Gasteiger partial charge in [-0.15, -0.1) is 0 Å². The molecular weight excluding hydrogens is 331 g/mol. The summed E-state index contributed by atoms with van der Waals surface area (Å²) in [6.07, 6.45) is 1.64. The van der Waals surface area contributed by atoms with Crippen LogP contribution in [0.15, 0.2) is 41.9 Å². The number of aromatic nitrogens is 2. The van der Waals surface area contributed by atoms with Crippen LogP contribution in [0.25, 0.3) is 0 Å². The zero-order chi connectivity index (χ0) is 16.9. The second kappa shape index (κ2) is 7.61. The minimum atomic E-state index is -4.54. The van der Waals surface area contributed by atoms with E-state index in [2.05, 4.69) is 9.98 Å². The monoisotopic (exact) mass is 345 g/mol. The lowest BCUT2D eigenvalue weighted by atomic mass is 10.2. The summed E-state index contributed by atoms with van der Waals surface area (Å²) >= 11 is 5.65. The van der Waals surface area contributed by atoms with E-state index in [1.807, 2.05) is 6.92 Å². The van der Waals surface area contributed by atoms with Gasteiger partial charge in [-0.25, -0.2) is 4.98 Å². The van der Waals surface area contributed by atoms with Crippen molar-refractivity contribution in [1.29, 1.82) is 0 Å². The molecule has 23 heavy (non-hydrogen) atoms. The Labute approximate surface area is 136 Å². The number of halogens is 4. The predicted octanol–water partition coefficient (Wildman–Crippen LogP) is 4.88. The third-order valence-corrected chi connectivity index (χ3v) is 3.15. The van der Waals surface area contributed by atoms with Crippen molar-refractivity contribution < 1.29 is 17.9 Å². The van der Waals surface area contributed by atoms with E-state index in [0.29, 0.717) is 6.61 Å². The van der Waals surface area contributed by atoms with Gasteiger partial charge in [0.1, 0.15) is 0 Å². The van der Waals surface area contributed by atoms with Crippen LogP contribution in [0.1, 0.15) is 25.1 Å². The molecule has 1 aromatic carbocycles. The van der Waals surface area contributed by atoms with Gasteiger partial charge in [-0.05, 0) is 24.6 Å². The maximum absolute atomic E-state index is 13.0. The van der Waals surface area contributed by atoms with Gasteiger partial charge in [0.2, 0.25) is 0 Å². The number of rotatable bonds is 6. The third kappa shape index (κ3) is 4.80. The molecule has 4 nitrogen and oxygen atoms in total. The van der Waals surface area contributed by atoms with Crippen LogP contribution in [-0.2, 0) is 10.9 Å². The summed E-state index contributed by atoms with van der Waals surface area (Å²) < 4.78 is 46.3. The maximum atomic E-state index is 13.0. The SMILES string of the molecule is CCCOC(C=Nc1ccc(Cl)cc1C(F)(F)F)n1ccnc1. The molecule has 0 radical (unpaired) electrons. The lowest BCUT2D eigenvalue weighted by molar-refractivity contribution is -0.137. The van der Waals surface area contributed by atoms with Crippen molar-refractivity contribution in [3.05, 3.63) is 47.5 Å². The Balaban J connectivity index is 2.30. The predicted molar refractivity (Wildman–Crippen MR) is 82.1 cm³/mol. The molecule has 0 N–H and O–H groups in total. The lowest BCUT2D eigenvalue weighted by Crippen LogP contribution is -2.13. The van der Waals surface area contributed by atoms with Crippen LogP contribution in [0.5, 0.6) is 0 Å². The first-order chi connectivity index (χ1) is 10.9. The molecule has 0 aliphatic carbocycles. The van der Waals surface area contributed by atoms with Gasteiger partial charge in [0.05, 0.1) is 23.8 Å². The average molecular weight is 346 g/mol. The van der Waals surface area contributed by atoms with Crippen LogP contribution in [0.3, 0.4) is 0 Å². The zero-order valence-corrected chi connectivity index (χ0v) is 13.1. The molecule has 0 spiro atoms. The van der Waals surface area contributed by atoms with Crippen molar-refractivity contribution in [2.75, 3.05) is 6.61 Å². The number of hydrogen-bond acceptors (Lipinski definition) is 3. The number of imidazole rings is 1. The Morgan fingerprint density at radius 1 is 1.43 bits per heavy atom. The largest absolute Gasteiger partial charge is 0.418 e. The van der Waals surface area contributed by atoms with Gasteiger partial charge in [-0.3, -0.25) is 4.99 Å². The average Bonchev–Trinajstić information content (AvgIpc) is 3.01. The molecule has 124 valence electrons. The van der Waals surface area contributed by atoms with Crippen LogP contribution in [0.2, 0.25) is 5.02 Å². The standard InChI is InChI=1S/C15H15ClF3N3O/c1-2-7-23-14(22-6-5-20-10-22)9-21-13-4-3-11(16)8-12(13)15(17,18)19/h3-6,8-10,14H,2,7H2,1H3. The summed E-state index contributed by atoms with van der Waals surface area (Å²) in [6, 6.07) is 3.45. The molecule has 2 rings (SSSR count). The Hall–Kier alpha value is -1.86.